The largest absolute Gasteiger partial charge is 0.351 e. The molecule has 3 heterocycles. The average molecular weight is 404 g/mol. The average Bonchev–Trinajstić information content (AvgIpc) is 3.30. The van der Waals surface area contributed by atoms with E-state index in [1.54, 1.807) is 0 Å². The summed E-state index contributed by atoms with van der Waals surface area (Å²) in [6.07, 6.45) is 2.69. The number of carbonyl (C=O) groups excluding carboxylic acids is 1. The molecular weight excluding hydrogens is 374 g/mol. The molecule has 1 amide bonds. The van der Waals surface area contributed by atoms with E-state index >= 15 is 0 Å². The number of ether oxygens (including phenoxy) is 1. The molecule has 0 N–H and O–H groups in total. The van der Waals surface area contributed by atoms with Gasteiger partial charge in [0, 0.05) is 24.6 Å². The van der Waals surface area contributed by atoms with Crippen LogP contribution in [-0.4, -0.2) is 41.6 Å². The van der Waals surface area contributed by atoms with Gasteiger partial charge < -0.3 is 9.64 Å². The zero-order valence-electron chi connectivity index (χ0n) is 18.0. The first-order chi connectivity index (χ1) is 14.5. The fraction of sp³-hybridized carbons (Fsp3) is 0.440. The number of anilines is 1. The van der Waals surface area contributed by atoms with Crippen LogP contribution >= 0.6 is 0 Å². The summed E-state index contributed by atoms with van der Waals surface area (Å²) >= 11 is 0. The Bertz CT molecular complexity index is 982. The van der Waals surface area contributed by atoms with Crippen molar-refractivity contribution >= 4 is 23.1 Å². The smallest absolute Gasteiger partial charge is 0.230 e. The second kappa shape index (κ2) is 7.24. The Kier molecular flexibility index (Phi) is 4.66. The molecule has 0 radical (unpaired) electrons. The van der Waals surface area contributed by atoms with Gasteiger partial charge in [0.05, 0.1) is 18.3 Å². The van der Waals surface area contributed by atoms with E-state index in [4.69, 9.17) is 9.73 Å². The highest BCUT2D eigenvalue weighted by atomic mass is 16.5. The van der Waals surface area contributed by atoms with Gasteiger partial charge in [-0.25, -0.2) is 4.99 Å². The number of hydrogen-bond donors (Lipinski definition) is 0. The lowest BCUT2D eigenvalue weighted by Gasteiger charge is -2.50. The maximum Gasteiger partial charge on any atom is 0.230 e. The Balaban J connectivity index is 1.68. The van der Waals surface area contributed by atoms with Crippen molar-refractivity contribution in [1.82, 2.24) is 4.90 Å². The van der Waals surface area contributed by atoms with Gasteiger partial charge in [0.15, 0.2) is 5.84 Å². The van der Waals surface area contributed by atoms with Crippen molar-refractivity contribution in [2.75, 3.05) is 18.1 Å². The zero-order chi connectivity index (χ0) is 20.9. The minimum absolute atomic E-state index is 0.0112. The number of amidine groups is 1. The number of rotatable bonds is 2. The van der Waals surface area contributed by atoms with Crippen molar-refractivity contribution in [3.05, 3.63) is 59.7 Å². The summed E-state index contributed by atoms with van der Waals surface area (Å²) in [6, 6.07) is 16.8. The molecule has 0 bridgehead atoms. The number of morpholine rings is 1. The summed E-state index contributed by atoms with van der Waals surface area (Å²) in [7, 11) is 0. The van der Waals surface area contributed by atoms with Crippen LogP contribution in [0, 0.1) is 19.8 Å². The van der Waals surface area contributed by atoms with Gasteiger partial charge in [0.2, 0.25) is 11.6 Å². The summed E-state index contributed by atoms with van der Waals surface area (Å²) < 4.78 is 6.66. The monoisotopic (exact) mass is 403 g/mol. The number of amides is 1. The first-order valence-electron chi connectivity index (χ1n) is 11.0. The van der Waals surface area contributed by atoms with Gasteiger partial charge in [-0.2, -0.15) is 0 Å². The van der Waals surface area contributed by atoms with E-state index in [-0.39, 0.29) is 11.8 Å². The van der Waals surface area contributed by atoms with Crippen LogP contribution in [-0.2, 0) is 9.53 Å². The predicted octanol–water partition coefficient (Wildman–Crippen LogP) is 4.60. The number of hydrogen-bond acceptors (Lipinski definition) is 3. The SMILES string of the molecule is Cc1ccc(N=C2N3CCC[C@H]3COC23C(C)CC(=O)N3c2ccc(C)cc2)cc1. The maximum atomic E-state index is 13.3. The van der Waals surface area contributed by atoms with Crippen molar-refractivity contribution in [2.45, 2.75) is 51.8 Å². The number of carbonyl (C=O) groups is 1. The number of fused-ring (bicyclic) bond motifs is 1. The molecule has 2 aromatic rings. The van der Waals surface area contributed by atoms with E-state index in [0.29, 0.717) is 19.1 Å². The van der Waals surface area contributed by atoms with E-state index in [1.165, 1.54) is 11.1 Å². The molecule has 3 atom stereocenters. The van der Waals surface area contributed by atoms with Gasteiger partial charge in [-0.15, -0.1) is 0 Å². The van der Waals surface area contributed by atoms with E-state index in [1.807, 2.05) is 29.2 Å². The van der Waals surface area contributed by atoms with Gasteiger partial charge in [-0.1, -0.05) is 42.3 Å². The highest BCUT2D eigenvalue weighted by Gasteiger charge is 2.61. The molecule has 5 nitrogen and oxygen atoms in total. The third-order valence-corrected chi connectivity index (χ3v) is 6.76. The van der Waals surface area contributed by atoms with E-state index in [9.17, 15) is 4.79 Å². The molecule has 2 aromatic carbocycles. The topological polar surface area (TPSA) is 45.1 Å². The molecule has 156 valence electrons. The lowest BCUT2D eigenvalue weighted by atomic mass is 9.93. The second-order valence-electron chi connectivity index (χ2n) is 8.94. The number of nitrogens with zero attached hydrogens (tertiary/aromatic N) is 3. The summed E-state index contributed by atoms with van der Waals surface area (Å²) in [5, 5.41) is 0. The number of aryl methyl sites for hydroxylation is 2. The molecule has 3 aliphatic heterocycles. The highest BCUT2D eigenvalue weighted by Crippen LogP contribution is 2.46. The minimum Gasteiger partial charge on any atom is -0.351 e. The Morgan fingerprint density at radius 2 is 1.70 bits per heavy atom. The van der Waals surface area contributed by atoms with Crippen LogP contribution in [0.4, 0.5) is 11.4 Å². The van der Waals surface area contributed by atoms with Gasteiger partial charge in [-0.3, -0.25) is 9.69 Å². The summed E-state index contributed by atoms with van der Waals surface area (Å²) in [5.74, 6) is 0.997. The van der Waals surface area contributed by atoms with Gasteiger partial charge in [0.25, 0.3) is 0 Å². The molecule has 3 saturated heterocycles. The number of benzene rings is 2. The van der Waals surface area contributed by atoms with Gasteiger partial charge >= 0.3 is 0 Å². The third kappa shape index (κ3) is 2.95. The summed E-state index contributed by atoms with van der Waals surface area (Å²) in [4.78, 5) is 22.7. The normalized spacial score (nSPS) is 29.8. The Hall–Kier alpha value is -2.66. The first-order valence-corrected chi connectivity index (χ1v) is 11.0. The second-order valence-corrected chi connectivity index (χ2v) is 8.94. The molecule has 1 spiro atoms. The quantitative estimate of drug-likeness (QED) is 0.736. The predicted molar refractivity (Wildman–Crippen MR) is 119 cm³/mol. The molecule has 5 rings (SSSR count). The minimum atomic E-state index is -0.863. The maximum absolute atomic E-state index is 13.3. The fourth-order valence-corrected chi connectivity index (χ4v) is 5.12. The molecule has 3 aliphatic rings. The molecular formula is C25H29N3O2. The highest BCUT2D eigenvalue weighted by molar-refractivity contribution is 6.09. The summed E-state index contributed by atoms with van der Waals surface area (Å²) in [5.41, 5.74) is 3.30. The summed E-state index contributed by atoms with van der Waals surface area (Å²) in [6.45, 7) is 7.85. The molecule has 0 aromatic heterocycles. The van der Waals surface area contributed by atoms with Crippen LogP contribution in [0.1, 0.15) is 37.3 Å². The van der Waals surface area contributed by atoms with Crippen molar-refractivity contribution < 1.29 is 9.53 Å². The molecule has 0 saturated carbocycles. The lowest BCUT2D eigenvalue weighted by Crippen LogP contribution is -2.67. The number of aliphatic imine (C=N–C) groups is 1. The van der Waals surface area contributed by atoms with Gasteiger partial charge in [0.1, 0.15) is 0 Å². The van der Waals surface area contributed by atoms with E-state index in [0.717, 1.165) is 36.6 Å². The Morgan fingerprint density at radius 1 is 1.03 bits per heavy atom. The van der Waals surface area contributed by atoms with E-state index in [2.05, 4.69) is 49.9 Å². The van der Waals surface area contributed by atoms with Crippen LogP contribution in [0.3, 0.4) is 0 Å². The third-order valence-electron chi connectivity index (χ3n) is 6.76. The lowest BCUT2D eigenvalue weighted by molar-refractivity contribution is -0.119. The van der Waals surface area contributed by atoms with Crippen LogP contribution in [0.15, 0.2) is 53.5 Å². The van der Waals surface area contributed by atoms with Gasteiger partial charge in [-0.05, 0) is 51.0 Å². The zero-order valence-corrected chi connectivity index (χ0v) is 18.0. The van der Waals surface area contributed by atoms with Crippen molar-refractivity contribution in [3.63, 3.8) is 0 Å². The van der Waals surface area contributed by atoms with Crippen LogP contribution in [0.2, 0.25) is 0 Å². The molecule has 3 fully saturated rings. The van der Waals surface area contributed by atoms with Crippen LogP contribution < -0.4 is 4.90 Å². The molecule has 2 unspecified atom stereocenters. The van der Waals surface area contributed by atoms with Crippen molar-refractivity contribution in [3.8, 4) is 0 Å². The Morgan fingerprint density at radius 3 is 2.40 bits per heavy atom. The molecule has 5 heteroatoms. The Labute approximate surface area is 178 Å². The first kappa shape index (κ1) is 19.3. The van der Waals surface area contributed by atoms with Crippen molar-refractivity contribution in [1.29, 1.82) is 0 Å². The fourth-order valence-electron chi connectivity index (χ4n) is 5.12. The van der Waals surface area contributed by atoms with Crippen molar-refractivity contribution in [2.24, 2.45) is 10.9 Å². The van der Waals surface area contributed by atoms with E-state index < -0.39 is 5.72 Å². The molecule has 0 aliphatic carbocycles. The molecule has 30 heavy (non-hydrogen) atoms. The van der Waals surface area contributed by atoms with Crippen LogP contribution in [0.5, 0.6) is 0 Å². The standard InChI is InChI=1S/C25H29N3O2/c1-17-6-10-20(11-7-17)26-24-25(30-16-22-5-4-14-27(22)24)19(3)15-23(29)28(25)21-12-8-18(2)9-13-21/h6-13,19,22H,4-5,14-16H2,1-3H3/t19?,22-,25?/m0/s1. The van der Waals surface area contributed by atoms with Crippen LogP contribution in [0.25, 0.3) is 0 Å².